The number of carbonyl (C=O) groups is 1. The normalized spacial score (nSPS) is 12.4. The number of ether oxygens (including phenoxy) is 2. The van der Waals surface area contributed by atoms with Crippen LogP contribution in [0.5, 0.6) is 11.5 Å². The largest absolute Gasteiger partial charge is 0.454 e. The minimum atomic E-state index is 0.0341. The number of H-pyrrole nitrogens is 1. The standard InChI is InChI=1S/C24H22N2O3S/c1-15-4-7-19-18(11-15)17(24(26-19)22-3-2-10-30-22)6-9-23(27)25-13-16-5-8-20-21(12-16)29-14-28-20/h2-5,7-8,10-12,26H,6,9,13-14H2,1H3,(H,25,27). The summed E-state index contributed by atoms with van der Waals surface area (Å²) >= 11 is 1.71. The van der Waals surface area contributed by atoms with Gasteiger partial charge in [0.05, 0.1) is 10.6 Å². The summed E-state index contributed by atoms with van der Waals surface area (Å²) in [6.45, 7) is 2.82. The fraction of sp³-hybridized carbons (Fsp3) is 0.208. The number of rotatable bonds is 6. The van der Waals surface area contributed by atoms with Gasteiger partial charge in [-0.1, -0.05) is 23.8 Å². The van der Waals surface area contributed by atoms with Crippen molar-refractivity contribution >= 4 is 28.1 Å². The summed E-state index contributed by atoms with van der Waals surface area (Å²) in [5, 5.41) is 6.30. The lowest BCUT2D eigenvalue weighted by Gasteiger charge is -2.07. The first kappa shape index (κ1) is 18.8. The molecule has 0 aliphatic carbocycles. The quantitative estimate of drug-likeness (QED) is 0.453. The molecule has 0 saturated carbocycles. The van der Waals surface area contributed by atoms with E-state index in [0.717, 1.165) is 28.3 Å². The molecule has 1 aliphatic heterocycles. The van der Waals surface area contributed by atoms with Gasteiger partial charge in [-0.3, -0.25) is 4.79 Å². The summed E-state index contributed by atoms with van der Waals surface area (Å²) < 4.78 is 10.7. The zero-order valence-electron chi connectivity index (χ0n) is 16.7. The summed E-state index contributed by atoms with van der Waals surface area (Å²) in [4.78, 5) is 17.3. The van der Waals surface area contributed by atoms with Gasteiger partial charge in [-0.05, 0) is 60.2 Å². The van der Waals surface area contributed by atoms with Crippen LogP contribution in [-0.4, -0.2) is 17.7 Å². The first-order valence-corrected chi connectivity index (χ1v) is 10.9. The average Bonchev–Trinajstić information content (AvgIpc) is 3.49. The number of fused-ring (bicyclic) bond motifs is 2. The summed E-state index contributed by atoms with van der Waals surface area (Å²) in [5.41, 5.74) is 5.64. The third-order valence-corrected chi connectivity index (χ3v) is 6.25. The molecule has 5 nitrogen and oxygen atoms in total. The number of aromatic nitrogens is 1. The summed E-state index contributed by atoms with van der Waals surface area (Å²) in [5.74, 6) is 1.52. The molecule has 2 aromatic heterocycles. The lowest BCUT2D eigenvalue weighted by atomic mass is 10.0. The molecule has 0 spiro atoms. The molecule has 0 atom stereocenters. The van der Waals surface area contributed by atoms with Crippen LogP contribution >= 0.6 is 11.3 Å². The van der Waals surface area contributed by atoms with Crippen LogP contribution in [0.4, 0.5) is 0 Å². The van der Waals surface area contributed by atoms with Gasteiger partial charge in [0.2, 0.25) is 12.7 Å². The zero-order chi connectivity index (χ0) is 20.5. The molecule has 1 amide bonds. The van der Waals surface area contributed by atoms with E-state index >= 15 is 0 Å². The van der Waals surface area contributed by atoms with Gasteiger partial charge >= 0.3 is 0 Å². The van der Waals surface area contributed by atoms with E-state index in [4.69, 9.17) is 9.47 Å². The van der Waals surface area contributed by atoms with Crippen molar-refractivity contribution in [2.45, 2.75) is 26.3 Å². The number of aromatic amines is 1. The van der Waals surface area contributed by atoms with Gasteiger partial charge < -0.3 is 19.8 Å². The third kappa shape index (κ3) is 3.66. The third-order valence-electron chi connectivity index (χ3n) is 5.36. The Labute approximate surface area is 178 Å². The van der Waals surface area contributed by atoms with Crippen molar-refractivity contribution in [1.29, 1.82) is 0 Å². The Morgan fingerprint density at radius 3 is 2.90 bits per heavy atom. The highest BCUT2D eigenvalue weighted by Gasteiger charge is 2.16. The summed E-state index contributed by atoms with van der Waals surface area (Å²) in [7, 11) is 0. The van der Waals surface area contributed by atoms with Gasteiger partial charge in [-0.2, -0.15) is 0 Å². The molecular weight excluding hydrogens is 396 g/mol. The Kier molecular flexibility index (Phi) is 4.93. The second kappa shape index (κ2) is 7.88. The molecule has 152 valence electrons. The molecule has 0 fully saturated rings. The van der Waals surface area contributed by atoms with E-state index in [1.807, 2.05) is 18.2 Å². The van der Waals surface area contributed by atoms with Crippen LogP contribution in [0, 0.1) is 6.92 Å². The summed E-state index contributed by atoms with van der Waals surface area (Å²) in [6, 6.07) is 16.3. The first-order chi connectivity index (χ1) is 14.7. The fourth-order valence-electron chi connectivity index (χ4n) is 3.83. The molecule has 4 aromatic rings. The predicted molar refractivity (Wildman–Crippen MR) is 119 cm³/mol. The molecule has 30 heavy (non-hydrogen) atoms. The molecule has 5 rings (SSSR count). The number of benzene rings is 2. The molecule has 0 saturated heterocycles. The SMILES string of the molecule is Cc1ccc2[nH]c(-c3cccs3)c(CCC(=O)NCc3ccc4c(c3)OCO4)c2c1. The van der Waals surface area contributed by atoms with Crippen LogP contribution in [0.15, 0.2) is 53.9 Å². The van der Waals surface area contributed by atoms with E-state index in [-0.39, 0.29) is 12.7 Å². The van der Waals surface area contributed by atoms with Crippen molar-refractivity contribution < 1.29 is 14.3 Å². The van der Waals surface area contributed by atoms with Crippen LogP contribution < -0.4 is 14.8 Å². The second-order valence-corrected chi connectivity index (χ2v) is 8.42. The van der Waals surface area contributed by atoms with Crippen LogP contribution in [0.2, 0.25) is 0 Å². The number of nitrogens with one attached hydrogen (secondary N) is 2. The smallest absolute Gasteiger partial charge is 0.231 e. The lowest BCUT2D eigenvalue weighted by Crippen LogP contribution is -2.23. The van der Waals surface area contributed by atoms with E-state index in [1.54, 1.807) is 11.3 Å². The number of amides is 1. The van der Waals surface area contributed by atoms with Crippen LogP contribution in [0.1, 0.15) is 23.1 Å². The van der Waals surface area contributed by atoms with Crippen molar-refractivity contribution in [2.24, 2.45) is 0 Å². The Balaban J connectivity index is 1.30. The molecular formula is C24H22N2O3S. The number of carbonyl (C=O) groups excluding carboxylic acids is 1. The lowest BCUT2D eigenvalue weighted by molar-refractivity contribution is -0.121. The van der Waals surface area contributed by atoms with Crippen molar-refractivity contribution in [2.75, 3.05) is 6.79 Å². The summed E-state index contributed by atoms with van der Waals surface area (Å²) in [6.07, 6.45) is 1.12. The maximum absolute atomic E-state index is 12.6. The fourth-order valence-corrected chi connectivity index (χ4v) is 4.58. The molecule has 0 unspecified atom stereocenters. The van der Waals surface area contributed by atoms with E-state index in [0.29, 0.717) is 19.4 Å². The Bertz CT molecular complexity index is 1210. The van der Waals surface area contributed by atoms with Crippen molar-refractivity contribution in [3.8, 4) is 22.1 Å². The van der Waals surface area contributed by atoms with Crippen molar-refractivity contribution in [3.05, 3.63) is 70.6 Å². The molecule has 2 N–H and O–H groups in total. The minimum Gasteiger partial charge on any atom is -0.454 e. The highest BCUT2D eigenvalue weighted by molar-refractivity contribution is 7.13. The average molecular weight is 419 g/mol. The predicted octanol–water partition coefficient (Wildman–Crippen LogP) is 5.18. The second-order valence-electron chi connectivity index (χ2n) is 7.47. The van der Waals surface area contributed by atoms with Crippen molar-refractivity contribution in [1.82, 2.24) is 10.3 Å². The molecule has 0 radical (unpaired) electrons. The van der Waals surface area contributed by atoms with E-state index in [2.05, 4.69) is 52.9 Å². The number of hydrogen-bond donors (Lipinski definition) is 2. The van der Waals surface area contributed by atoms with Crippen molar-refractivity contribution in [3.63, 3.8) is 0 Å². The number of thiophene rings is 1. The highest BCUT2D eigenvalue weighted by atomic mass is 32.1. The van der Waals surface area contributed by atoms with E-state index in [9.17, 15) is 4.79 Å². The van der Waals surface area contributed by atoms with Gasteiger partial charge in [0.15, 0.2) is 11.5 Å². The maximum atomic E-state index is 12.6. The van der Waals surface area contributed by atoms with Gasteiger partial charge in [0, 0.05) is 23.9 Å². The van der Waals surface area contributed by atoms with Gasteiger partial charge in [-0.15, -0.1) is 11.3 Å². The maximum Gasteiger partial charge on any atom is 0.231 e. The first-order valence-electron chi connectivity index (χ1n) is 9.98. The topological polar surface area (TPSA) is 63.4 Å². The van der Waals surface area contributed by atoms with Gasteiger partial charge in [-0.25, -0.2) is 0 Å². The minimum absolute atomic E-state index is 0.0341. The van der Waals surface area contributed by atoms with Gasteiger partial charge in [0.25, 0.3) is 0 Å². The molecule has 0 bridgehead atoms. The number of hydrogen-bond acceptors (Lipinski definition) is 4. The molecule has 1 aliphatic rings. The van der Waals surface area contributed by atoms with Gasteiger partial charge in [0.1, 0.15) is 0 Å². The zero-order valence-corrected chi connectivity index (χ0v) is 17.5. The molecule has 6 heteroatoms. The highest BCUT2D eigenvalue weighted by Crippen LogP contribution is 2.34. The molecule has 3 heterocycles. The van der Waals surface area contributed by atoms with Crippen LogP contribution in [0.3, 0.4) is 0 Å². The Morgan fingerprint density at radius 1 is 1.13 bits per heavy atom. The Hall–Kier alpha value is -3.25. The molecule has 2 aromatic carbocycles. The number of aryl methyl sites for hydroxylation is 2. The van der Waals surface area contributed by atoms with E-state index < -0.39 is 0 Å². The van der Waals surface area contributed by atoms with E-state index in [1.165, 1.54) is 21.4 Å². The monoisotopic (exact) mass is 418 g/mol. The van der Waals surface area contributed by atoms with Crippen LogP contribution in [-0.2, 0) is 17.8 Å². The van der Waals surface area contributed by atoms with Crippen LogP contribution in [0.25, 0.3) is 21.5 Å². The Morgan fingerprint density at radius 2 is 2.03 bits per heavy atom.